The third-order valence-corrected chi connectivity index (χ3v) is 3.98. The van der Waals surface area contributed by atoms with Gasteiger partial charge in [0.05, 0.1) is 16.7 Å². The van der Waals surface area contributed by atoms with E-state index in [0.717, 1.165) is 5.75 Å². The quantitative estimate of drug-likeness (QED) is 0.635. The van der Waals surface area contributed by atoms with E-state index in [2.05, 4.69) is 15.5 Å². The first-order valence-electron chi connectivity index (χ1n) is 8.65. The summed E-state index contributed by atoms with van der Waals surface area (Å²) in [6.45, 7) is 3.93. The first-order valence-corrected chi connectivity index (χ1v) is 9.03. The highest BCUT2D eigenvalue weighted by molar-refractivity contribution is 6.33. The number of aromatic nitrogens is 2. The van der Waals surface area contributed by atoms with Crippen LogP contribution in [0.5, 0.6) is 5.75 Å². The highest BCUT2D eigenvalue weighted by atomic mass is 35.5. The summed E-state index contributed by atoms with van der Waals surface area (Å²) in [6.07, 6.45) is 0.683. The Morgan fingerprint density at radius 1 is 1.15 bits per heavy atom. The van der Waals surface area contributed by atoms with Crippen molar-refractivity contribution in [1.82, 2.24) is 10.2 Å². The maximum Gasteiger partial charge on any atom is 0.249 e. The number of hydrogen-bond donors (Lipinski definition) is 1. The van der Waals surface area contributed by atoms with Gasteiger partial charge in [0.15, 0.2) is 0 Å². The molecule has 0 bridgehead atoms. The van der Waals surface area contributed by atoms with E-state index in [-0.39, 0.29) is 18.4 Å². The van der Waals surface area contributed by atoms with Gasteiger partial charge in [0.25, 0.3) is 0 Å². The molecule has 0 aliphatic carbocycles. The molecule has 27 heavy (non-hydrogen) atoms. The number of ether oxygens (including phenoxy) is 1. The van der Waals surface area contributed by atoms with E-state index in [4.69, 9.17) is 20.8 Å². The molecule has 3 aromatic rings. The molecular weight excluding hydrogens is 366 g/mol. The van der Waals surface area contributed by atoms with Gasteiger partial charge in [-0.15, -0.1) is 10.2 Å². The zero-order valence-electron chi connectivity index (χ0n) is 15.1. The number of rotatable bonds is 7. The molecule has 1 amide bonds. The van der Waals surface area contributed by atoms with Gasteiger partial charge in [-0.25, -0.2) is 0 Å². The standard InChI is InChI=1S/C20H20ClN3O3/c1-13(2)26-15-9-7-14(8-10-15)22-18(25)11-12-19-23-24-20(27-19)16-5-3-4-6-17(16)21/h3-10,13H,11-12H2,1-2H3,(H,22,25). The lowest BCUT2D eigenvalue weighted by atomic mass is 10.2. The van der Waals surface area contributed by atoms with Crippen molar-refractivity contribution >= 4 is 23.2 Å². The minimum atomic E-state index is -0.134. The summed E-state index contributed by atoms with van der Waals surface area (Å²) in [5, 5.41) is 11.3. The number of hydrogen-bond acceptors (Lipinski definition) is 5. The molecular formula is C20H20ClN3O3. The highest BCUT2D eigenvalue weighted by Crippen LogP contribution is 2.26. The van der Waals surface area contributed by atoms with Crippen LogP contribution in [0.4, 0.5) is 5.69 Å². The van der Waals surface area contributed by atoms with Crippen LogP contribution in [-0.4, -0.2) is 22.2 Å². The Labute approximate surface area is 162 Å². The summed E-state index contributed by atoms with van der Waals surface area (Å²) >= 11 is 6.12. The Morgan fingerprint density at radius 3 is 2.59 bits per heavy atom. The number of aryl methyl sites for hydroxylation is 1. The molecule has 0 unspecified atom stereocenters. The molecule has 0 saturated carbocycles. The minimum absolute atomic E-state index is 0.107. The maximum absolute atomic E-state index is 12.1. The average Bonchev–Trinajstić information content (AvgIpc) is 3.10. The predicted octanol–water partition coefficient (Wildman–Crippen LogP) is 4.75. The van der Waals surface area contributed by atoms with Crippen molar-refractivity contribution in [3.63, 3.8) is 0 Å². The first kappa shape index (κ1) is 18.9. The van der Waals surface area contributed by atoms with Gasteiger partial charge in [0, 0.05) is 18.5 Å². The second kappa shape index (κ2) is 8.68. The number of carbonyl (C=O) groups is 1. The zero-order chi connectivity index (χ0) is 19.2. The molecule has 0 fully saturated rings. The number of halogens is 1. The topological polar surface area (TPSA) is 77.2 Å². The molecule has 1 aromatic heterocycles. The van der Waals surface area contributed by atoms with Gasteiger partial charge in [-0.3, -0.25) is 4.79 Å². The van der Waals surface area contributed by atoms with Gasteiger partial charge < -0.3 is 14.5 Å². The molecule has 0 atom stereocenters. The number of benzene rings is 2. The summed E-state index contributed by atoms with van der Waals surface area (Å²) in [4.78, 5) is 12.1. The summed E-state index contributed by atoms with van der Waals surface area (Å²) in [7, 11) is 0. The number of carbonyl (C=O) groups excluding carboxylic acids is 1. The number of amides is 1. The van der Waals surface area contributed by atoms with Gasteiger partial charge in [0.1, 0.15) is 5.75 Å². The largest absolute Gasteiger partial charge is 0.491 e. The van der Waals surface area contributed by atoms with Crippen LogP contribution in [0.2, 0.25) is 5.02 Å². The number of nitrogens with one attached hydrogen (secondary N) is 1. The number of anilines is 1. The van der Waals surface area contributed by atoms with Crippen molar-refractivity contribution in [3.05, 3.63) is 59.4 Å². The fourth-order valence-corrected chi connectivity index (χ4v) is 2.65. The second-order valence-corrected chi connectivity index (χ2v) is 6.63. The molecule has 1 N–H and O–H groups in total. The lowest BCUT2D eigenvalue weighted by molar-refractivity contribution is -0.116. The smallest absolute Gasteiger partial charge is 0.249 e. The molecule has 0 spiro atoms. The predicted molar refractivity (Wildman–Crippen MR) is 104 cm³/mol. The lowest BCUT2D eigenvalue weighted by Gasteiger charge is -2.10. The van der Waals surface area contributed by atoms with Crippen LogP contribution in [0.15, 0.2) is 52.9 Å². The average molecular weight is 386 g/mol. The maximum atomic E-state index is 12.1. The van der Waals surface area contributed by atoms with Crippen molar-refractivity contribution in [2.24, 2.45) is 0 Å². The molecule has 0 radical (unpaired) electrons. The molecule has 7 heteroatoms. The molecule has 3 rings (SSSR count). The highest BCUT2D eigenvalue weighted by Gasteiger charge is 2.13. The van der Waals surface area contributed by atoms with Crippen molar-refractivity contribution in [1.29, 1.82) is 0 Å². The van der Waals surface area contributed by atoms with Crippen molar-refractivity contribution in [2.45, 2.75) is 32.8 Å². The Bertz CT molecular complexity index is 907. The van der Waals surface area contributed by atoms with E-state index < -0.39 is 0 Å². The van der Waals surface area contributed by atoms with E-state index in [0.29, 0.717) is 34.5 Å². The normalized spacial score (nSPS) is 10.8. The van der Waals surface area contributed by atoms with E-state index in [1.807, 2.05) is 38.1 Å². The van der Waals surface area contributed by atoms with Gasteiger partial charge >= 0.3 is 0 Å². The van der Waals surface area contributed by atoms with Crippen LogP contribution < -0.4 is 10.1 Å². The Hall–Kier alpha value is -2.86. The summed E-state index contributed by atoms with van der Waals surface area (Å²) in [5.74, 6) is 1.36. The molecule has 0 saturated heterocycles. The van der Waals surface area contributed by atoms with Gasteiger partial charge in [0.2, 0.25) is 17.7 Å². The molecule has 1 heterocycles. The Morgan fingerprint density at radius 2 is 1.89 bits per heavy atom. The lowest BCUT2D eigenvalue weighted by Crippen LogP contribution is -2.12. The van der Waals surface area contributed by atoms with Crippen LogP contribution in [0.25, 0.3) is 11.5 Å². The van der Waals surface area contributed by atoms with Gasteiger partial charge in [-0.05, 0) is 50.2 Å². The summed E-state index contributed by atoms with van der Waals surface area (Å²) in [5.41, 5.74) is 1.38. The molecule has 0 aliphatic rings. The van der Waals surface area contributed by atoms with Gasteiger partial charge in [-0.1, -0.05) is 23.7 Å². The van der Waals surface area contributed by atoms with Crippen LogP contribution in [0.3, 0.4) is 0 Å². The third-order valence-electron chi connectivity index (χ3n) is 3.65. The Balaban J connectivity index is 1.53. The van der Waals surface area contributed by atoms with Gasteiger partial charge in [-0.2, -0.15) is 0 Å². The van der Waals surface area contributed by atoms with Crippen LogP contribution in [-0.2, 0) is 11.2 Å². The van der Waals surface area contributed by atoms with Crippen molar-refractivity contribution < 1.29 is 13.9 Å². The fourth-order valence-electron chi connectivity index (χ4n) is 2.43. The third kappa shape index (κ3) is 5.31. The molecule has 2 aromatic carbocycles. The minimum Gasteiger partial charge on any atom is -0.491 e. The molecule has 140 valence electrons. The van der Waals surface area contributed by atoms with Crippen LogP contribution in [0.1, 0.15) is 26.2 Å². The monoisotopic (exact) mass is 385 g/mol. The summed E-state index contributed by atoms with van der Waals surface area (Å²) < 4.78 is 11.2. The van der Waals surface area contributed by atoms with E-state index in [9.17, 15) is 4.79 Å². The molecule has 6 nitrogen and oxygen atoms in total. The molecule has 0 aliphatic heterocycles. The van der Waals surface area contributed by atoms with E-state index >= 15 is 0 Å². The second-order valence-electron chi connectivity index (χ2n) is 6.22. The summed E-state index contributed by atoms with van der Waals surface area (Å²) in [6, 6.07) is 14.5. The van der Waals surface area contributed by atoms with Crippen LogP contribution in [0, 0.1) is 0 Å². The SMILES string of the molecule is CC(C)Oc1ccc(NC(=O)CCc2nnc(-c3ccccc3Cl)o2)cc1. The van der Waals surface area contributed by atoms with Crippen molar-refractivity contribution in [3.8, 4) is 17.2 Å². The number of nitrogens with zero attached hydrogens (tertiary/aromatic N) is 2. The fraction of sp³-hybridized carbons (Fsp3) is 0.250. The van der Waals surface area contributed by atoms with E-state index in [1.165, 1.54) is 0 Å². The zero-order valence-corrected chi connectivity index (χ0v) is 15.9. The first-order chi connectivity index (χ1) is 13.0. The van der Waals surface area contributed by atoms with Crippen LogP contribution >= 0.6 is 11.6 Å². The van der Waals surface area contributed by atoms with E-state index in [1.54, 1.807) is 24.3 Å². The van der Waals surface area contributed by atoms with Crippen molar-refractivity contribution in [2.75, 3.05) is 5.32 Å². The Kier molecular flexibility index (Phi) is 6.08.